The topological polar surface area (TPSA) is 52.6 Å². The Morgan fingerprint density at radius 2 is 2.12 bits per heavy atom. The second-order valence-electron chi connectivity index (χ2n) is 5.05. The van der Waals surface area contributed by atoms with E-state index < -0.39 is 17.0 Å². The average Bonchev–Trinajstić information content (AvgIpc) is 2.75. The zero-order chi connectivity index (χ0) is 12.8. The van der Waals surface area contributed by atoms with Crippen LogP contribution < -0.4 is 0 Å². The number of allylic oxidation sites excluding steroid dienone is 1. The number of ketones is 1. The van der Waals surface area contributed by atoms with Crippen molar-refractivity contribution in [3.63, 3.8) is 0 Å². The van der Waals surface area contributed by atoms with Crippen LogP contribution in [0.5, 0.6) is 0 Å². The SMILES string of the molecule is C=C[C@@]1(C)COC(=O)[C@@]12OC(C(C)C)=CC2=O. The molecule has 2 rings (SSSR count). The number of esters is 1. The van der Waals surface area contributed by atoms with Crippen molar-refractivity contribution < 1.29 is 19.1 Å². The summed E-state index contributed by atoms with van der Waals surface area (Å²) in [7, 11) is 0. The summed E-state index contributed by atoms with van der Waals surface area (Å²) >= 11 is 0. The fraction of sp³-hybridized carbons (Fsp3) is 0.538. The first-order valence-corrected chi connectivity index (χ1v) is 5.63. The van der Waals surface area contributed by atoms with Gasteiger partial charge in [0.05, 0.1) is 5.41 Å². The lowest BCUT2D eigenvalue weighted by Gasteiger charge is -2.32. The van der Waals surface area contributed by atoms with Gasteiger partial charge >= 0.3 is 5.97 Å². The van der Waals surface area contributed by atoms with Gasteiger partial charge in [-0.25, -0.2) is 4.79 Å². The molecule has 0 aromatic carbocycles. The molecule has 0 aliphatic carbocycles. The maximum absolute atomic E-state index is 12.1. The first-order valence-electron chi connectivity index (χ1n) is 5.63. The zero-order valence-electron chi connectivity index (χ0n) is 10.3. The molecule has 0 radical (unpaired) electrons. The summed E-state index contributed by atoms with van der Waals surface area (Å²) in [5.74, 6) is -0.370. The molecular formula is C13H16O4. The van der Waals surface area contributed by atoms with Crippen molar-refractivity contribution in [3.8, 4) is 0 Å². The third kappa shape index (κ3) is 1.30. The van der Waals surface area contributed by atoms with Gasteiger partial charge in [0, 0.05) is 12.0 Å². The van der Waals surface area contributed by atoms with E-state index in [1.165, 1.54) is 6.08 Å². The number of rotatable bonds is 2. The third-order valence-corrected chi connectivity index (χ3v) is 3.51. The first-order chi connectivity index (χ1) is 7.87. The van der Waals surface area contributed by atoms with Crippen molar-refractivity contribution in [2.24, 2.45) is 11.3 Å². The second-order valence-corrected chi connectivity index (χ2v) is 5.05. The van der Waals surface area contributed by atoms with Gasteiger partial charge in [-0.15, -0.1) is 6.58 Å². The van der Waals surface area contributed by atoms with Crippen LogP contribution in [0.4, 0.5) is 0 Å². The van der Waals surface area contributed by atoms with Gasteiger partial charge in [0.1, 0.15) is 12.4 Å². The van der Waals surface area contributed by atoms with E-state index >= 15 is 0 Å². The Hall–Kier alpha value is -1.58. The predicted molar refractivity (Wildman–Crippen MR) is 61.0 cm³/mol. The number of carbonyl (C=O) groups is 2. The van der Waals surface area contributed by atoms with E-state index in [9.17, 15) is 9.59 Å². The van der Waals surface area contributed by atoms with Crippen LogP contribution >= 0.6 is 0 Å². The Morgan fingerprint density at radius 1 is 1.47 bits per heavy atom. The van der Waals surface area contributed by atoms with Crippen molar-refractivity contribution in [2.45, 2.75) is 26.4 Å². The summed E-state index contributed by atoms with van der Waals surface area (Å²) in [5, 5.41) is 0. The van der Waals surface area contributed by atoms with Crippen molar-refractivity contribution in [1.29, 1.82) is 0 Å². The highest BCUT2D eigenvalue weighted by molar-refractivity contribution is 6.16. The highest BCUT2D eigenvalue weighted by atomic mass is 16.6. The van der Waals surface area contributed by atoms with E-state index in [-0.39, 0.29) is 18.3 Å². The van der Waals surface area contributed by atoms with Crippen LogP contribution in [-0.2, 0) is 19.1 Å². The normalized spacial score (nSPS) is 36.1. The van der Waals surface area contributed by atoms with Crippen LogP contribution in [0.2, 0.25) is 0 Å². The van der Waals surface area contributed by atoms with E-state index in [0.29, 0.717) is 5.76 Å². The molecule has 1 fully saturated rings. The lowest BCUT2D eigenvalue weighted by Crippen LogP contribution is -2.52. The van der Waals surface area contributed by atoms with Crippen LogP contribution in [-0.4, -0.2) is 24.0 Å². The van der Waals surface area contributed by atoms with Crippen molar-refractivity contribution >= 4 is 11.8 Å². The highest BCUT2D eigenvalue weighted by Crippen LogP contribution is 2.48. The summed E-state index contributed by atoms with van der Waals surface area (Å²) in [6.45, 7) is 9.37. The molecule has 0 aromatic rings. The minimum atomic E-state index is -1.55. The monoisotopic (exact) mass is 236 g/mol. The molecule has 92 valence electrons. The molecule has 0 amide bonds. The molecule has 4 nitrogen and oxygen atoms in total. The van der Waals surface area contributed by atoms with Crippen molar-refractivity contribution in [3.05, 3.63) is 24.5 Å². The van der Waals surface area contributed by atoms with Gasteiger partial charge in [0.2, 0.25) is 5.78 Å². The van der Waals surface area contributed by atoms with E-state index in [2.05, 4.69) is 6.58 Å². The molecule has 0 aromatic heterocycles. The van der Waals surface area contributed by atoms with Gasteiger partial charge in [0.15, 0.2) is 0 Å². The van der Waals surface area contributed by atoms with Crippen LogP contribution in [0.25, 0.3) is 0 Å². The van der Waals surface area contributed by atoms with E-state index in [1.807, 2.05) is 13.8 Å². The van der Waals surface area contributed by atoms with E-state index in [0.717, 1.165) is 0 Å². The molecular weight excluding hydrogens is 220 g/mol. The minimum Gasteiger partial charge on any atom is -0.470 e. The molecule has 0 N–H and O–H groups in total. The van der Waals surface area contributed by atoms with Crippen LogP contribution in [0.1, 0.15) is 20.8 Å². The van der Waals surface area contributed by atoms with Gasteiger partial charge < -0.3 is 9.47 Å². The van der Waals surface area contributed by atoms with Gasteiger partial charge in [0.25, 0.3) is 5.60 Å². The molecule has 2 aliphatic rings. The standard InChI is InChI=1S/C13H16O4/c1-5-12(4)7-16-11(15)13(12)10(14)6-9(17-13)8(2)3/h5-6,8H,1,7H2,2-4H3/t12-,13+/m0/s1. The van der Waals surface area contributed by atoms with Gasteiger partial charge in [-0.3, -0.25) is 4.79 Å². The number of cyclic esters (lactones) is 1. The molecule has 1 saturated heterocycles. The smallest absolute Gasteiger partial charge is 0.359 e. The number of hydrogen-bond donors (Lipinski definition) is 0. The Labute approximate surface area is 100 Å². The van der Waals surface area contributed by atoms with E-state index in [4.69, 9.17) is 9.47 Å². The second kappa shape index (κ2) is 3.45. The lowest BCUT2D eigenvalue weighted by molar-refractivity contribution is -0.161. The molecule has 17 heavy (non-hydrogen) atoms. The first kappa shape index (κ1) is 11.9. The maximum atomic E-state index is 12.1. The van der Waals surface area contributed by atoms with Gasteiger partial charge in [-0.2, -0.15) is 0 Å². The minimum absolute atomic E-state index is 0.0563. The van der Waals surface area contributed by atoms with Crippen molar-refractivity contribution in [2.75, 3.05) is 6.61 Å². The van der Waals surface area contributed by atoms with Crippen LogP contribution in [0.15, 0.2) is 24.5 Å². The molecule has 2 aliphatic heterocycles. The highest BCUT2D eigenvalue weighted by Gasteiger charge is 2.68. The Kier molecular flexibility index (Phi) is 2.42. The van der Waals surface area contributed by atoms with Gasteiger partial charge in [-0.1, -0.05) is 19.9 Å². The molecule has 4 heteroatoms. The third-order valence-electron chi connectivity index (χ3n) is 3.51. The summed E-state index contributed by atoms with van der Waals surface area (Å²) in [5.41, 5.74) is -2.36. The van der Waals surface area contributed by atoms with Crippen LogP contribution in [0, 0.1) is 11.3 Å². The van der Waals surface area contributed by atoms with Crippen LogP contribution in [0.3, 0.4) is 0 Å². The molecule has 0 bridgehead atoms. The van der Waals surface area contributed by atoms with Gasteiger partial charge in [-0.05, 0) is 6.92 Å². The largest absolute Gasteiger partial charge is 0.470 e. The quantitative estimate of drug-likeness (QED) is 0.415. The average molecular weight is 236 g/mol. The maximum Gasteiger partial charge on any atom is 0.359 e. The van der Waals surface area contributed by atoms with Crippen molar-refractivity contribution in [1.82, 2.24) is 0 Å². The summed E-state index contributed by atoms with van der Waals surface area (Å²) in [4.78, 5) is 24.1. The Balaban J connectivity index is 2.48. The molecule has 2 heterocycles. The predicted octanol–water partition coefficient (Wildman–Crippen LogP) is 1.61. The molecule has 0 unspecified atom stereocenters. The lowest BCUT2D eigenvalue weighted by atomic mass is 9.73. The molecule has 1 spiro atoms. The van der Waals surface area contributed by atoms with E-state index in [1.54, 1.807) is 13.0 Å². The molecule has 0 saturated carbocycles. The summed E-state index contributed by atoms with van der Waals surface area (Å²) in [6.07, 6.45) is 2.96. The summed E-state index contributed by atoms with van der Waals surface area (Å²) < 4.78 is 10.7. The zero-order valence-corrected chi connectivity index (χ0v) is 10.3. The number of hydrogen-bond acceptors (Lipinski definition) is 4. The number of carbonyl (C=O) groups excluding carboxylic acids is 2. The Morgan fingerprint density at radius 3 is 2.59 bits per heavy atom. The fourth-order valence-electron chi connectivity index (χ4n) is 2.17. The molecule has 2 atom stereocenters. The fourth-order valence-corrected chi connectivity index (χ4v) is 2.17. The Bertz CT molecular complexity index is 435. The summed E-state index contributed by atoms with van der Waals surface area (Å²) in [6, 6.07) is 0. The number of ether oxygens (including phenoxy) is 2.